The topological polar surface area (TPSA) is 0 Å². The lowest BCUT2D eigenvalue weighted by Gasteiger charge is -2.21. The third kappa shape index (κ3) is 6.18. The number of fused-ring (bicyclic) bond motifs is 9. The Morgan fingerprint density at radius 2 is 0.635 bits per heavy atom. The van der Waals surface area contributed by atoms with E-state index >= 15 is 0 Å². The van der Waals surface area contributed by atoms with Gasteiger partial charge in [0.05, 0.1) is 8.07 Å². The van der Waals surface area contributed by atoms with Crippen LogP contribution >= 0.6 is 0 Å². The second kappa shape index (κ2) is 14.4. The highest BCUT2D eigenvalue weighted by Gasteiger charge is 2.21. The molecule has 0 unspecified atom stereocenters. The van der Waals surface area contributed by atoms with Gasteiger partial charge >= 0.3 is 0 Å². The normalized spacial score (nSPS) is 12.1. The lowest BCUT2D eigenvalue weighted by Crippen LogP contribution is -2.38. The van der Waals surface area contributed by atoms with Crippen LogP contribution in [0.3, 0.4) is 0 Å². The van der Waals surface area contributed by atoms with Gasteiger partial charge in [0.15, 0.2) is 0 Å². The second-order valence-electron chi connectivity index (χ2n) is 18.5. The zero-order valence-corrected chi connectivity index (χ0v) is 37.1. The van der Waals surface area contributed by atoms with Gasteiger partial charge in [-0.1, -0.05) is 195 Å². The van der Waals surface area contributed by atoms with Gasteiger partial charge in [-0.2, -0.15) is 0 Å². The predicted octanol–water partition coefficient (Wildman–Crippen LogP) is 17.3. The summed E-state index contributed by atoms with van der Waals surface area (Å²) in [5, 5.41) is 19.5. The minimum absolute atomic E-state index is 1.23. The van der Waals surface area contributed by atoms with E-state index in [1.807, 2.05) is 0 Å². The molecule has 0 aromatic heterocycles. The Bertz CT molecular complexity index is 3840. The van der Waals surface area contributed by atoms with Crippen LogP contribution in [0.15, 0.2) is 206 Å². The minimum atomic E-state index is -1.53. The molecule has 298 valence electrons. The monoisotopic (exact) mass is 818 g/mol. The first kappa shape index (κ1) is 37.4. The quantitative estimate of drug-likeness (QED) is 0.120. The number of aryl methyl sites for hydroxylation is 1. The van der Waals surface area contributed by atoms with Gasteiger partial charge in [0.1, 0.15) is 0 Å². The molecule has 12 aromatic rings. The molecular formula is C62H46Si. The highest BCUT2D eigenvalue weighted by Crippen LogP contribution is 2.44. The molecule has 0 atom stereocenters. The van der Waals surface area contributed by atoms with E-state index in [-0.39, 0.29) is 0 Å². The summed E-state index contributed by atoms with van der Waals surface area (Å²) in [6.07, 6.45) is 0. The molecule has 0 fully saturated rings. The molecule has 0 aliphatic carbocycles. The fourth-order valence-electron chi connectivity index (χ4n) is 10.5. The summed E-state index contributed by atoms with van der Waals surface area (Å²) in [4.78, 5) is 0. The third-order valence-electron chi connectivity index (χ3n) is 13.7. The Balaban J connectivity index is 1.02. The predicted molar refractivity (Wildman–Crippen MR) is 278 cm³/mol. The highest BCUT2D eigenvalue weighted by atomic mass is 28.3. The molecule has 0 amide bonds. The fraction of sp³-hybridized carbons (Fsp3) is 0.0645. The van der Waals surface area contributed by atoms with Crippen LogP contribution in [0.2, 0.25) is 19.6 Å². The Kier molecular flexibility index (Phi) is 8.54. The fourth-order valence-corrected chi connectivity index (χ4v) is 12.1. The van der Waals surface area contributed by atoms with Crippen molar-refractivity contribution in [2.45, 2.75) is 26.6 Å². The zero-order chi connectivity index (χ0) is 42.4. The van der Waals surface area contributed by atoms with Gasteiger partial charge in [-0.15, -0.1) is 0 Å². The molecule has 0 radical (unpaired) electrons. The van der Waals surface area contributed by atoms with Gasteiger partial charge in [-0.05, 0) is 169 Å². The van der Waals surface area contributed by atoms with Crippen molar-refractivity contribution >= 4 is 88.7 Å². The van der Waals surface area contributed by atoms with E-state index in [1.165, 1.54) is 131 Å². The van der Waals surface area contributed by atoms with Crippen LogP contribution < -0.4 is 5.19 Å². The van der Waals surface area contributed by atoms with E-state index in [9.17, 15) is 0 Å². The van der Waals surface area contributed by atoms with E-state index in [0.29, 0.717) is 0 Å². The van der Waals surface area contributed by atoms with Crippen LogP contribution in [0, 0.1) is 6.92 Å². The van der Waals surface area contributed by atoms with Crippen LogP contribution in [0.1, 0.15) is 5.56 Å². The maximum absolute atomic E-state index is 2.45. The first-order valence-electron chi connectivity index (χ1n) is 22.2. The molecule has 63 heavy (non-hydrogen) atoms. The molecule has 0 nitrogen and oxygen atoms in total. The van der Waals surface area contributed by atoms with Crippen molar-refractivity contribution in [1.82, 2.24) is 0 Å². The van der Waals surface area contributed by atoms with Gasteiger partial charge < -0.3 is 0 Å². The molecular weight excluding hydrogens is 773 g/mol. The maximum Gasteiger partial charge on any atom is 0.0784 e. The van der Waals surface area contributed by atoms with E-state index in [1.54, 1.807) is 0 Å². The Hall–Kier alpha value is -7.32. The molecule has 0 aliphatic heterocycles. The minimum Gasteiger partial charge on any atom is -0.0656 e. The molecule has 12 aromatic carbocycles. The number of hydrogen-bond acceptors (Lipinski definition) is 0. The molecule has 0 N–H and O–H groups in total. The summed E-state index contributed by atoms with van der Waals surface area (Å²) in [6.45, 7) is 9.53. The molecule has 12 rings (SSSR count). The smallest absolute Gasteiger partial charge is 0.0656 e. The van der Waals surface area contributed by atoms with Crippen molar-refractivity contribution in [3.05, 3.63) is 212 Å². The van der Waals surface area contributed by atoms with Crippen molar-refractivity contribution in [3.63, 3.8) is 0 Å². The van der Waals surface area contributed by atoms with Crippen molar-refractivity contribution in [2.24, 2.45) is 0 Å². The van der Waals surface area contributed by atoms with Crippen LogP contribution in [0.25, 0.3) is 120 Å². The lowest BCUT2D eigenvalue weighted by atomic mass is 9.87. The third-order valence-corrected chi connectivity index (χ3v) is 15.7. The summed E-state index contributed by atoms with van der Waals surface area (Å²) in [5.41, 5.74) is 11.3. The molecule has 0 aliphatic rings. The van der Waals surface area contributed by atoms with Gasteiger partial charge in [-0.25, -0.2) is 0 Å². The van der Waals surface area contributed by atoms with Crippen molar-refractivity contribution < 1.29 is 0 Å². The Morgan fingerprint density at radius 3 is 1.10 bits per heavy atom. The Morgan fingerprint density at radius 1 is 0.270 bits per heavy atom. The first-order valence-corrected chi connectivity index (χ1v) is 25.7. The summed E-state index contributed by atoms with van der Waals surface area (Å²) >= 11 is 0. The van der Waals surface area contributed by atoms with Crippen molar-refractivity contribution in [2.75, 3.05) is 0 Å². The summed E-state index contributed by atoms with van der Waals surface area (Å²) < 4.78 is 0. The first-order chi connectivity index (χ1) is 30.8. The van der Waals surface area contributed by atoms with E-state index in [0.717, 1.165) is 0 Å². The standard InChI is InChI=1S/C62H46Si/c1-39-21-30-50(52-14-6-5-13-49(39)52)42-26-22-40-24-28-44(35-46(40)33-42)59-37-48-38-60(55-17-9-12-20-58(55)62(48)57-19-11-8-16-54(57)59)45-29-25-41-23-27-43(34-47(41)36-45)51-31-32-61(63(2,3)4)56-18-10-7-15-53(51)56/h5-38H,1-4H3. The number of benzene rings is 12. The van der Waals surface area contributed by atoms with E-state index in [4.69, 9.17) is 0 Å². The lowest BCUT2D eigenvalue weighted by molar-refractivity contribution is 1.53. The average Bonchev–Trinajstić information content (AvgIpc) is 3.32. The molecule has 0 saturated heterocycles. The van der Waals surface area contributed by atoms with Crippen LogP contribution in [0.5, 0.6) is 0 Å². The van der Waals surface area contributed by atoms with Gasteiger partial charge in [0, 0.05) is 0 Å². The van der Waals surface area contributed by atoms with E-state index < -0.39 is 8.07 Å². The molecule has 1 heteroatoms. The summed E-state index contributed by atoms with van der Waals surface area (Å²) in [6, 6.07) is 77.9. The zero-order valence-electron chi connectivity index (χ0n) is 36.1. The van der Waals surface area contributed by atoms with Crippen LogP contribution in [0.4, 0.5) is 0 Å². The SMILES string of the molecule is Cc1ccc(-c2ccc3ccc(-c4cc5cc(-c6ccc7ccc(-c8ccc([Si](C)(C)C)c9ccccc89)cc7c6)c6ccccc6c5c5ccccc45)cc3c2)c2ccccc12. The maximum atomic E-state index is 2.45. The van der Waals surface area contributed by atoms with Crippen LogP contribution in [-0.4, -0.2) is 8.07 Å². The largest absolute Gasteiger partial charge is 0.0784 e. The highest BCUT2D eigenvalue weighted by molar-refractivity contribution is 6.90. The summed E-state index contributed by atoms with van der Waals surface area (Å²) in [7, 11) is -1.53. The average molecular weight is 819 g/mol. The van der Waals surface area contributed by atoms with Gasteiger partial charge in [0.25, 0.3) is 0 Å². The molecule has 0 spiro atoms. The summed E-state index contributed by atoms with van der Waals surface area (Å²) in [5.74, 6) is 0. The van der Waals surface area contributed by atoms with Gasteiger partial charge in [-0.3, -0.25) is 0 Å². The second-order valence-corrected chi connectivity index (χ2v) is 23.6. The Labute approximate surface area is 369 Å². The molecule has 0 bridgehead atoms. The van der Waals surface area contributed by atoms with Crippen LogP contribution in [-0.2, 0) is 0 Å². The number of hydrogen-bond donors (Lipinski definition) is 0. The van der Waals surface area contributed by atoms with Crippen molar-refractivity contribution in [3.8, 4) is 44.5 Å². The van der Waals surface area contributed by atoms with Crippen molar-refractivity contribution in [1.29, 1.82) is 0 Å². The molecule has 0 saturated carbocycles. The van der Waals surface area contributed by atoms with E-state index in [2.05, 4.69) is 233 Å². The van der Waals surface area contributed by atoms with Gasteiger partial charge in [0.2, 0.25) is 0 Å². The number of rotatable bonds is 5. The molecule has 0 heterocycles.